The van der Waals surface area contributed by atoms with E-state index in [1.807, 2.05) is 24.3 Å². The Morgan fingerprint density at radius 2 is 1.50 bits per heavy atom. The molecule has 0 saturated heterocycles. The topological polar surface area (TPSA) is 65.1 Å². The minimum atomic E-state index is -4.78. The maximum absolute atomic E-state index is 12.9. The molecule has 0 aliphatic rings. The lowest BCUT2D eigenvalue weighted by Crippen LogP contribution is -2.37. The van der Waals surface area contributed by atoms with Gasteiger partial charge in [0.2, 0.25) is 0 Å². The van der Waals surface area contributed by atoms with Crippen LogP contribution in [0.5, 0.6) is 11.5 Å². The van der Waals surface area contributed by atoms with Gasteiger partial charge < -0.3 is 14.2 Å². The molecule has 10 heteroatoms. The molecule has 3 aromatic rings. The number of hydrogen-bond acceptors (Lipinski definition) is 5. The maximum atomic E-state index is 12.9. The van der Waals surface area contributed by atoms with Crippen LogP contribution in [0.15, 0.2) is 66.7 Å². The van der Waals surface area contributed by atoms with Gasteiger partial charge >= 0.3 is 18.2 Å². The van der Waals surface area contributed by atoms with E-state index in [-0.39, 0.29) is 35.1 Å². The van der Waals surface area contributed by atoms with Crippen LogP contribution in [0.4, 0.5) is 18.9 Å². The molecule has 0 N–H and O–H groups in total. The average Bonchev–Trinajstić information content (AvgIpc) is 2.85. The highest BCUT2D eigenvalue weighted by Crippen LogP contribution is 2.32. The van der Waals surface area contributed by atoms with Gasteiger partial charge in [0.1, 0.15) is 18.1 Å². The Labute approximate surface area is 223 Å². The highest BCUT2D eigenvalue weighted by Gasteiger charge is 2.31. The molecule has 202 valence electrons. The van der Waals surface area contributed by atoms with Crippen molar-refractivity contribution in [1.29, 1.82) is 0 Å². The zero-order valence-electron chi connectivity index (χ0n) is 21.3. The molecule has 0 fully saturated rings. The highest BCUT2D eigenvalue weighted by atomic mass is 35.5. The van der Waals surface area contributed by atoms with Crippen molar-refractivity contribution in [1.82, 2.24) is 0 Å². The fourth-order valence-electron chi connectivity index (χ4n) is 3.49. The van der Waals surface area contributed by atoms with Crippen LogP contribution in [0.1, 0.15) is 37.5 Å². The van der Waals surface area contributed by atoms with Crippen LogP contribution in [0.2, 0.25) is 5.02 Å². The molecule has 0 aliphatic carbocycles. The van der Waals surface area contributed by atoms with Crippen molar-refractivity contribution in [3.05, 3.63) is 88.4 Å². The Morgan fingerprint density at radius 1 is 0.895 bits per heavy atom. The summed E-state index contributed by atoms with van der Waals surface area (Å²) >= 11 is 6.29. The number of esters is 1. The summed E-state index contributed by atoms with van der Waals surface area (Å²) in [5.74, 6) is -2.05. The van der Waals surface area contributed by atoms with Gasteiger partial charge in [0.25, 0.3) is 0 Å². The number of hydrogen-bond donors (Lipinski definition) is 0. The van der Waals surface area contributed by atoms with E-state index in [2.05, 4.69) is 30.2 Å². The molecule has 0 unspecified atom stereocenters. The van der Waals surface area contributed by atoms with Gasteiger partial charge in [-0.3, -0.25) is 9.69 Å². The number of halogens is 4. The molecule has 0 saturated carbocycles. The van der Waals surface area contributed by atoms with Crippen LogP contribution in [0, 0.1) is 0 Å². The largest absolute Gasteiger partial charge is 0.573 e. The molecule has 0 heterocycles. The summed E-state index contributed by atoms with van der Waals surface area (Å²) in [6.07, 6.45) is -4.78. The monoisotopic (exact) mass is 549 g/mol. The Kier molecular flexibility index (Phi) is 8.93. The maximum Gasteiger partial charge on any atom is 0.573 e. The van der Waals surface area contributed by atoms with Crippen molar-refractivity contribution in [2.24, 2.45) is 0 Å². The second kappa shape index (κ2) is 11.8. The first-order valence-electron chi connectivity index (χ1n) is 11.5. The van der Waals surface area contributed by atoms with Gasteiger partial charge in [0.05, 0.1) is 18.7 Å². The molecule has 1 amide bonds. The van der Waals surface area contributed by atoms with Crippen molar-refractivity contribution in [2.75, 3.05) is 12.0 Å². The Balaban J connectivity index is 1.82. The van der Waals surface area contributed by atoms with E-state index in [4.69, 9.17) is 16.3 Å². The van der Waals surface area contributed by atoms with Gasteiger partial charge in [-0.15, -0.1) is 13.2 Å². The SMILES string of the molecule is COC(=O)C(=O)N(Cc1ccc(C(C)(C)C)cc1)c1ccc(Cl)c(OCc2ccc(OC(F)(F)F)cc2)c1. The number of benzene rings is 3. The van der Waals surface area contributed by atoms with E-state index >= 15 is 0 Å². The van der Waals surface area contributed by atoms with E-state index < -0.39 is 18.2 Å². The fourth-order valence-corrected chi connectivity index (χ4v) is 3.66. The predicted octanol–water partition coefficient (Wildman–Crippen LogP) is 6.82. The molecular formula is C28H27ClF3NO5. The van der Waals surface area contributed by atoms with Gasteiger partial charge in [-0.1, -0.05) is 68.8 Å². The molecule has 38 heavy (non-hydrogen) atoms. The first-order valence-corrected chi connectivity index (χ1v) is 11.9. The Hall–Kier alpha value is -3.72. The fraction of sp³-hybridized carbons (Fsp3) is 0.286. The lowest BCUT2D eigenvalue weighted by molar-refractivity contribution is -0.274. The number of carbonyl (C=O) groups is 2. The molecule has 3 aromatic carbocycles. The van der Waals surface area contributed by atoms with Gasteiger partial charge in [-0.05, 0) is 46.4 Å². The van der Waals surface area contributed by atoms with Crippen LogP contribution < -0.4 is 14.4 Å². The average molecular weight is 550 g/mol. The van der Waals surface area contributed by atoms with E-state index in [1.165, 1.54) is 41.3 Å². The number of methoxy groups -OCH3 is 1. The second-order valence-electron chi connectivity index (χ2n) is 9.42. The highest BCUT2D eigenvalue weighted by molar-refractivity contribution is 6.38. The van der Waals surface area contributed by atoms with Crippen LogP contribution >= 0.6 is 11.6 Å². The first kappa shape index (κ1) is 28.8. The van der Waals surface area contributed by atoms with Gasteiger partial charge in [0.15, 0.2) is 0 Å². The van der Waals surface area contributed by atoms with Crippen molar-refractivity contribution >= 4 is 29.2 Å². The Bertz CT molecular complexity index is 1270. The summed E-state index contributed by atoms with van der Waals surface area (Å²) in [7, 11) is 1.12. The zero-order chi connectivity index (χ0) is 28.1. The molecule has 0 spiro atoms. The zero-order valence-corrected chi connectivity index (χ0v) is 22.0. The third-order valence-electron chi connectivity index (χ3n) is 5.54. The van der Waals surface area contributed by atoms with E-state index in [0.717, 1.165) is 18.2 Å². The van der Waals surface area contributed by atoms with Crippen molar-refractivity contribution < 1.29 is 37.0 Å². The third kappa shape index (κ3) is 7.89. The van der Waals surface area contributed by atoms with Crippen LogP contribution in [-0.2, 0) is 32.9 Å². The van der Waals surface area contributed by atoms with Crippen LogP contribution in [-0.4, -0.2) is 25.3 Å². The number of nitrogens with zero attached hydrogens (tertiary/aromatic N) is 1. The van der Waals surface area contributed by atoms with E-state index in [0.29, 0.717) is 11.3 Å². The number of ether oxygens (including phenoxy) is 3. The minimum absolute atomic E-state index is 0.0192. The predicted molar refractivity (Wildman–Crippen MR) is 137 cm³/mol. The summed E-state index contributed by atoms with van der Waals surface area (Å²) in [6, 6.07) is 17.5. The Morgan fingerprint density at radius 3 is 2.05 bits per heavy atom. The van der Waals surface area contributed by atoms with Crippen molar-refractivity contribution in [3.8, 4) is 11.5 Å². The molecule has 3 rings (SSSR count). The minimum Gasteiger partial charge on any atom is -0.487 e. The summed E-state index contributed by atoms with van der Waals surface area (Å²) in [5, 5.41) is 0.241. The molecule has 0 atom stereocenters. The van der Waals surface area contributed by atoms with Gasteiger partial charge in [0, 0.05) is 11.8 Å². The lowest BCUT2D eigenvalue weighted by atomic mass is 9.87. The number of carbonyl (C=O) groups excluding carboxylic acids is 2. The van der Waals surface area contributed by atoms with Crippen LogP contribution in [0.3, 0.4) is 0 Å². The van der Waals surface area contributed by atoms with Crippen molar-refractivity contribution in [3.63, 3.8) is 0 Å². The summed E-state index contributed by atoms with van der Waals surface area (Å²) in [6.45, 7) is 6.34. The quantitative estimate of drug-likeness (QED) is 0.239. The molecule has 0 aromatic heterocycles. The summed E-state index contributed by atoms with van der Waals surface area (Å²) < 4.78 is 51.4. The number of alkyl halides is 3. The van der Waals surface area contributed by atoms with E-state index in [1.54, 1.807) is 6.07 Å². The molecule has 6 nitrogen and oxygen atoms in total. The van der Waals surface area contributed by atoms with E-state index in [9.17, 15) is 22.8 Å². The molecule has 0 bridgehead atoms. The second-order valence-corrected chi connectivity index (χ2v) is 9.83. The summed E-state index contributed by atoms with van der Waals surface area (Å²) in [4.78, 5) is 26.3. The van der Waals surface area contributed by atoms with Gasteiger partial charge in [-0.2, -0.15) is 0 Å². The van der Waals surface area contributed by atoms with Gasteiger partial charge in [-0.25, -0.2) is 4.79 Å². The normalized spacial score (nSPS) is 11.6. The standard InChI is InChI=1S/C28H27ClF3NO5/c1-27(2,3)20-9-5-18(6-10-20)16-33(25(34)26(35)36-4)21-11-14-23(29)24(15-21)37-17-19-7-12-22(13-8-19)38-28(30,31)32/h5-15H,16-17H2,1-4H3. The van der Waals surface area contributed by atoms with Crippen molar-refractivity contribution in [2.45, 2.75) is 45.7 Å². The number of anilines is 1. The summed E-state index contributed by atoms with van der Waals surface area (Å²) in [5.41, 5.74) is 2.76. The smallest absolute Gasteiger partial charge is 0.487 e. The molecule has 0 radical (unpaired) electrons. The third-order valence-corrected chi connectivity index (χ3v) is 5.86. The molecular weight excluding hydrogens is 523 g/mol. The molecule has 0 aliphatic heterocycles. The lowest BCUT2D eigenvalue weighted by Gasteiger charge is -2.24. The number of amides is 1. The number of rotatable bonds is 7. The van der Waals surface area contributed by atoms with Crippen LogP contribution in [0.25, 0.3) is 0 Å². The first-order chi connectivity index (χ1) is 17.8.